The number of methoxy groups -OCH3 is 5. The van der Waals surface area contributed by atoms with Gasteiger partial charge in [0, 0.05) is 51.1 Å². The molecule has 274 valence electrons. The van der Waals surface area contributed by atoms with Crippen LogP contribution in [0.2, 0.25) is 0 Å². The summed E-state index contributed by atoms with van der Waals surface area (Å²) in [4.78, 5) is 41.0. The molecule has 0 aromatic heterocycles. The standard InChI is InChI=1S/C39H50N4O8/c1-24(44)41-30-12-10-26-21-35(49-4)38(50-5)39(51-6)37(26)28-11-13-31(32(45)22-29(28)30)40-17-7-8-36(46)42-27-15-18-43(19-16-27)23-25-9-14-33(47-2)34(20-25)48-3/h9,11,13-14,20-22,27,30H,7-8,10,12,15-19,23H2,1-6H3,(H,40,45)(H,41,44)(H,42,46)/t30-/m0/s1. The van der Waals surface area contributed by atoms with Crippen LogP contribution in [-0.4, -0.2) is 77.9 Å². The van der Waals surface area contributed by atoms with Crippen LogP contribution in [0.5, 0.6) is 28.7 Å². The lowest BCUT2D eigenvalue weighted by Gasteiger charge is -2.32. The maximum absolute atomic E-state index is 13.6. The SMILES string of the molecule is COc1ccc(CN2CCC(NC(=O)CCCNc3ccc4c(cc3=O)[C@@H](NC(C)=O)CCc3cc(OC)c(OC)c(OC)c3-4)CC2)cc1OC. The van der Waals surface area contributed by atoms with E-state index >= 15 is 0 Å². The minimum atomic E-state index is -0.388. The number of carbonyl (C=O) groups excluding carboxylic acids is 2. The highest BCUT2D eigenvalue weighted by atomic mass is 16.5. The number of anilines is 1. The molecule has 2 amide bonds. The third-order valence-corrected chi connectivity index (χ3v) is 9.62. The van der Waals surface area contributed by atoms with E-state index in [4.69, 9.17) is 23.7 Å². The van der Waals surface area contributed by atoms with Crippen molar-refractivity contribution in [1.29, 1.82) is 0 Å². The average molecular weight is 703 g/mol. The Hall–Kier alpha value is -4.97. The van der Waals surface area contributed by atoms with Gasteiger partial charge in [0.2, 0.25) is 23.0 Å². The van der Waals surface area contributed by atoms with Gasteiger partial charge in [-0.25, -0.2) is 0 Å². The molecule has 1 atom stereocenters. The fourth-order valence-corrected chi connectivity index (χ4v) is 7.10. The van der Waals surface area contributed by atoms with Crippen LogP contribution in [0, 0.1) is 0 Å². The van der Waals surface area contributed by atoms with Crippen molar-refractivity contribution >= 4 is 17.5 Å². The zero-order valence-corrected chi connectivity index (χ0v) is 30.5. The summed E-state index contributed by atoms with van der Waals surface area (Å²) >= 11 is 0. The molecule has 1 aliphatic carbocycles. The topological polar surface area (TPSA) is 137 Å². The Labute approximate surface area is 299 Å². The van der Waals surface area contributed by atoms with Crippen molar-refractivity contribution in [2.24, 2.45) is 0 Å². The number of hydrogen-bond acceptors (Lipinski definition) is 10. The Morgan fingerprint density at radius 2 is 1.53 bits per heavy atom. The number of piperidine rings is 1. The Morgan fingerprint density at radius 1 is 0.804 bits per heavy atom. The van der Waals surface area contributed by atoms with Gasteiger partial charge in [0.1, 0.15) is 0 Å². The predicted octanol–water partition coefficient (Wildman–Crippen LogP) is 4.85. The first-order valence-electron chi connectivity index (χ1n) is 17.4. The largest absolute Gasteiger partial charge is 0.493 e. The third kappa shape index (κ3) is 8.86. The normalized spacial score (nSPS) is 15.8. The summed E-state index contributed by atoms with van der Waals surface area (Å²) in [5, 5.41) is 9.47. The number of ether oxygens (including phenoxy) is 5. The summed E-state index contributed by atoms with van der Waals surface area (Å²) in [6.45, 7) is 4.51. The van der Waals surface area contributed by atoms with Crippen molar-refractivity contribution in [3.8, 4) is 39.9 Å². The van der Waals surface area contributed by atoms with E-state index in [1.807, 2.05) is 24.3 Å². The second-order valence-electron chi connectivity index (χ2n) is 12.9. The van der Waals surface area contributed by atoms with E-state index in [1.165, 1.54) is 6.92 Å². The maximum atomic E-state index is 13.6. The molecule has 3 aromatic rings. The van der Waals surface area contributed by atoms with Gasteiger partial charge >= 0.3 is 0 Å². The molecule has 1 fully saturated rings. The van der Waals surface area contributed by atoms with Gasteiger partial charge in [-0.2, -0.15) is 0 Å². The van der Waals surface area contributed by atoms with Crippen LogP contribution in [-0.2, 0) is 22.6 Å². The molecule has 1 saturated heterocycles. The molecule has 3 N–H and O–H groups in total. The maximum Gasteiger partial charge on any atom is 0.220 e. The molecule has 5 rings (SSSR count). The van der Waals surface area contributed by atoms with E-state index in [1.54, 1.807) is 47.7 Å². The van der Waals surface area contributed by atoms with Gasteiger partial charge in [-0.3, -0.25) is 19.3 Å². The monoisotopic (exact) mass is 702 g/mol. The van der Waals surface area contributed by atoms with E-state index in [2.05, 4.69) is 26.9 Å². The van der Waals surface area contributed by atoms with Crippen molar-refractivity contribution in [3.63, 3.8) is 0 Å². The zero-order chi connectivity index (χ0) is 36.5. The predicted molar refractivity (Wildman–Crippen MR) is 196 cm³/mol. The Balaban J connectivity index is 1.20. The van der Waals surface area contributed by atoms with Gasteiger partial charge < -0.3 is 39.6 Å². The molecular weight excluding hydrogens is 652 g/mol. The molecule has 2 aliphatic rings. The van der Waals surface area contributed by atoms with Gasteiger partial charge in [0.15, 0.2) is 23.0 Å². The first-order valence-corrected chi connectivity index (χ1v) is 17.4. The highest BCUT2D eigenvalue weighted by Gasteiger charge is 2.29. The number of nitrogens with one attached hydrogen (secondary N) is 3. The smallest absolute Gasteiger partial charge is 0.220 e. The number of benzene rings is 2. The average Bonchev–Trinajstić information content (AvgIpc) is 3.37. The summed E-state index contributed by atoms with van der Waals surface area (Å²) < 4.78 is 27.9. The molecule has 51 heavy (non-hydrogen) atoms. The highest BCUT2D eigenvalue weighted by molar-refractivity contribution is 5.84. The van der Waals surface area contributed by atoms with Crippen LogP contribution in [0.25, 0.3) is 11.1 Å². The molecule has 12 nitrogen and oxygen atoms in total. The zero-order valence-electron chi connectivity index (χ0n) is 30.5. The first-order chi connectivity index (χ1) is 24.7. The summed E-state index contributed by atoms with van der Waals surface area (Å²) in [6.07, 6.45) is 3.87. The fraction of sp³-hybridized carbons (Fsp3) is 0.462. The van der Waals surface area contributed by atoms with Crippen molar-refractivity contribution < 1.29 is 33.3 Å². The summed E-state index contributed by atoms with van der Waals surface area (Å²) in [6, 6.07) is 12.9. The van der Waals surface area contributed by atoms with E-state index in [0.29, 0.717) is 66.5 Å². The molecule has 1 heterocycles. The molecule has 0 saturated carbocycles. The van der Waals surface area contributed by atoms with Crippen LogP contribution in [0.4, 0.5) is 5.69 Å². The number of carbonyl (C=O) groups is 2. The lowest BCUT2D eigenvalue weighted by molar-refractivity contribution is -0.122. The molecule has 3 aromatic carbocycles. The number of aryl methyl sites for hydroxylation is 1. The number of amides is 2. The molecule has 12 heteroatoms. The van der Waals surface area contributed by atoms with Crippen LogP contribution in [0.3, 0.4) is 0 Å². The Bertz CT molecular complexity index is 1770. The van der Waals surface area contributed by atoms with Crippen molar-refractivity contribution in [3.05, 3.63) is 69.4 Å². The van der Waals surface area contributed by atoms with Gasteiger partial charge in [-0.15, -0.1) is 0 Å². The number of nitrogens with zero attached hydrogens (tertiary/aromatic N) is 1. The van der Waals surface area contributed by atoms with Crippen molar-refractivity contribution in [2.75, 3.05) is 60.5 Å². The Kier molecular flexibility index (Phi) is 12.7. The third-order valence-electron chi connectivity index (χ3n) is 9.62. The van der Waals surface area contributed by atoms with Crippen LogP contribution >= 0.6 is 0 Å². The van der Waals surface area contributed by atoms with Gasteiger partial charge in [0.05, 0.1) is 47.3 Å². The number of likely N-dealkylation sites (tertiary alicyclic amines) is 1. The lowest BCUT2D eigenvalue weighted by Crippen LogP contribution is -2.44. The fourth-order valence-electron chi connectivity index (χ4n) is 7.10. The summed E-state index contributed by atoms with van der Waals surface area (Å²) in [7, 11) is 7.97. The van der Waals surface area contributed by atoms with Crippen molar-refractivity contribution in [1.82, 2.24) is 15.5 Å². The van der Waals surface area contributed by atoms with E-state index in [9.17, 15) is 14.4 Å². The van der Waals surface area contributed by atoms with Crippen LogP contribution in [0.15, 0.2) is 47.3 Å². The van der Waals surface area contributed by atoms with Crippen molar-refractivity contribution in [2.45, 2.75) is 64.1 Å². The minimum Gasteiger partial charge on any atom is -0.493 e. The summed E-state index contributed by atoms with van der Waals surface area (Å²) in [5.74, 6) is 2.75. The van der Waals surface area contributed by atoms with Crippen LogP contribution < -0.4 is 45.1 Å². The number of hydrogen-bond donors (Lipinski definition) is 3. The number of rotatable bonds is 14. The molecule has 0 unspecified atom stereocenters. The Morgan fingerprint density at radius 3 is 2.20 bits per heavy atom. The van der Waals surface area contributed by atoms with E-state index in [0.717, 1.165) is 60.5 Å². The van der Waals surface area contributed by atoms with E-state index in [-0.39, 0.29) is 29.3 Å². The molecule has 1 aliphatic heterocycles. The minimum absolute atomic E-state index is 0.00838. The first kappa shape index (κ1) is 37.3. The quantitative estimate of drug-likeness (QED) is 0.200. The van der Waals surface area contributed by atoms with Gasteiger partial charge in [-0.1, -0.05) is 12.1 Å². The second-order valence-corrected chi connectivity index (χ2v) is 12.9. The molecule has 0 radical (unpaired) electrons. The van der Waals surface area contributed by atoms with Gasteiger partial charge in [0.25, 0.3) is 0 Å². The van der Waals surface area contributed by atoms with E-state index < -0.39 is 0 Å². The summed E-state index contributed by atoms with van der Waals surface area (Å²) in [5.41, 5.74) is 4.57. The molecule has 0 bridgehead atoms. The second kappa shape index (κ2) is 17.3. The van der Waals surface area contributed by atoms with Crippen LogP contribution in [0.1, 0.15) is 61.8 Å². The number of fused-ring (bicyclic) bond motifs is 3. The van der Waals surface area contributed by atoms with Gasteiger partial charge in [-0.05, 0) is 84.7 Å². The highest BCUT2D eigenvalue weighted by Crippen LogP contribution is 2.50. The molecule has 0 spiro atoms. The molecular formula is C39H50N4O8. The lowest BCUT2D eigenvalue weighted by atomic mass is 9.95.